The molecule has 0 aliphatic carbocycles. The Labute approximate surface area is 353 Å². The van der Waals surface area contributed by atoms with Gasteiger partial charge in [0.25, 0.3) is 5.91 Å². The summed E-state index contributed by atoms with van der Waals surface area (Å²) < 4.78 is 63.7. The summed E-state index contributed by atoms with van der Waals surface area (Å²) >= 11 is 0. The minimum absolute atomic E-state index is 0.0322. The summed E-state index contributed by atoms with van der Waals surface area (Å²) in [4.78, 5) is 25.3. The van der Waals surface area contributed by atoms with Gasteiger partial charge >= 0.3 is 13.7 Å². The Morgan fingerprint density at radius 3 is 1.98 bits per heavy atom. The van der Waals surface area contributed by atoms with Crippen molar-refractivity contribution in [1.82, 2.24) is 25.6 Å². The van der Waals surface area contributed by atoms with E-state index in [1.807, 2.05) is 24.3 Å². The molecule has 0 radical (unpaired) electrons. The highest BCUT2D eigenvalue weighted by atomic mass is 31.2. The molecule has 4 aromatic carbocycles. The van der Waals surface area contributed by atoms with E-state index in [1.54, 1.807) is 71.5 Å². The zero-order valence-corrected chi connectivity index (χ0v) is 34.6. The highest BCUT2D eigenvalue weighted by Gasteiger charge is 2.41. The predicted octanol–water partition coefficient (Wildman–Crippen LogP) is 5.95. The number of alkyl carbamates (subject to hydrolysis) is 1. The van der Waals surface area contributed by atoms with E-state index in [4.69, 9.17) is 39.1 Å². The van der Waals surface area contributed by atoms with Gasteiger partial charge < -0.3 is 44.4 Å². The third kappa shape index (κ3) is 16.8. The third-order valence-electron chi connectivity index (χ3n) is 8.71. The Morgan fingerprint density at radius 1 is 0.770 bits per heavy atom. The van der Waals surface area contributed by atoms with Crippen LogP contribution in [-0.2, 0) is 49.3 Å². The zero-order chi connectivity index (χ0) is 43.1. The van der Waals surface area contributed by atoms with E-state index in [1.165, 1.54) is 24.3 Å². The highest BCUT2D eigenvalue weighted by molar-refractivity contribution is 7.55. The zero-order valence-electron chi connectivity index (χ0n) is 33.7. The molecule has 0 aliphatic rings. The number of nitrogens with one attached hydrogen (secondary N) is 3. The first-order valence-corrected chi connectivity index (χ1v) is 21.4. The number of nitrogens with two attached hydrogens (primary N) is 1. The molecule has 1 aromatic heterocycles. The fraction of sp³-hybridized carbons (Fsp3) is 0.326. The summed E-state index contributed by atoms with van der Waals surface area (Å²) in [6, 6.07) is 29.8. The Morgan fingerprint density at radius 2 is 1.36 bits per heavy atom. The second-order valence-electron chi connectivity index (χ2n) is 13.5. The third-order valence-corrected chi connectivity index (χ3v) is 10.7. The molecule has 0 bridgehead atoms. The number of rotatable bonds is 27. The summed E-state index contributed by atoms with van der Waals surface area (Å²) in [7, 11) is -4.17. The number of carbonyl (C=O) groups excluding carboxylic acids is 2. The topological polar surface area (TPSA) is 211 Å². The first kappa shape index (κ1) is 45.9. The second-order valence-corrected chi connectivity index (χ2v) is 15.6. The number of hydrogen-bond donors (Lipinski definition) is 4. The number of aryl methyl sites for hydroxylation is 1. The van der Waals surface area contributed by atoms with Crippen LogP contribution in [0.5, 0.6) is 11.5 Å². The van der Waals surface area contributed by atoms with Gasteiger partial charge in [-0.2, -0.15) is 0 Å². The summed E-state index contributed by atoms with van der Waals surface area (Å²) in [5, 5.41) is 21.4. The van der Waals surface area contributed by atoms with Crippen LogP contribution in [0.15, 0.2) is 115 Å². The van der Waals surface area contributed by atoms with E-state index >= 15 is 0 Å². The first-order chi connectivity index (χ1) is 29.6. The molecule has 1 unspecified atom stereocenters. The number of halogens is 1. The van der Waals surface area contributed by atoms with Gasteiger partial charge in [0.2, 0.25) is 0 Å². The maximum atomic E-state index is 14.8. The van der Waals surface area contributed by atoms with Crippen LogP contribution in [-0.4, -0.2) is 91.4 Å². The molecule has 1 atom stereocenters. The number of benzene rings is 4. The standard InChI is InChI=1S/C43H51FN7O9P/c44-36-19-17-35(18-20-36)42(52)47-21-24-55-26-28-57-29-27-56-25-22-51-32-37(49-50-51)8-7-23-58-43(53)48-41(31-34-15-13-33(14-16-34)30-40(45)46)61(54,59-38-9-3-1-4-10-38)60-39-11-5-2-6-12-39/h1-6,9-20,32,41H,7-8,21-31H2,(H3,45,46)(H,47,52)(H,48,53). The molecule has 5 aromatic rings. The number of nitrogens with zero attached hydrogens (tertiary/aromatic N) is 3. The summed E-state index contributed by atoms with van der Waals surface area (Å²) in [5.41, 5.74) is 8.24. The molecule has 324 valence electrons. The van der Waals surface area contributed by atoms with E-state index in [-0.39, 0.29) is 31.2 Å². The first-order valence-electron chi connectivity index (χ1n) is 19.7. The fourth-order valence-corrected chi connectivity index (χ4v) is 7.50. The average Bonchev–Trinajstić information content (AvgIpc) is 3.71. The van der Waals surface area contributed by atoms with Gasteiger partial charge in [-0.1, -0.05) is 65.9 Å². The molecular formula is C43H51FN7O9P. The van der Waals surface area contributed by atoms with E-state index < -0.39 is 25.3 Å². The van der Waals surface area contributed by atoms with E-state index in [0.29, 0.717) is 88.3 Å². The monoisotopic (exact) mass is 859 g/mol. The van der Waals surface area contributed by atoms with Gasteiger partial charge in [0.1, 0.15) is 17.3 Å². The lowest BCUT2D eigenvalue weighted by atomic mass is 10.1. The molecule has 16 nitrogen and oxygen atoms in total. The van der Waals surface area contributed by atoms with E-state index in [0.717, 1.165) is 11.1 Å². The molecule has 61 heavy (non-hydrogen) atoms. The highest BCUT2D eigenvalue weighted by Crippen LogP contribution is 2.53. The lowest BCUT2D eigenvalue weighted by Gasteiger charge is -2.28. The number of para-hydroxylation sites is 2. The van der Waals surface area contributed by atoms with Gasteiger partial charge in [-0.3, -0.25) is 10.2 Å². The Hall–Kier alpha value is -6.13. The normalized spacial score (nSPS) is 11.7. The molecule has 0 fully saturated rings. The van der Waals surface area contributed by atoms with Gasteiger partial charge in [0.15, 0.2) is 5.78 Å². The van der Waals surface area contributed by atoms with Crippen LogP contribution in [0.2, 0.25) is 0 Å². The van der Waals surface area contributed by atoms with Crippen LogP contribution < -0.4 is 25.4 Å². The number of ether oxygens (including phenoxy) is 4. The molecule has 5 rings (SSSR count). The molecule has 0 saturated heterocycles. The van der Waals surface area contributed by atoms with Crippen molar-refractivity contribution in [3.63, 3.8) is 0 Å². The molecule has 0 saturated carbocycles. The fourth-order valence-electron chi connectivity index (χ4n) is 5.68. The van der Waals surface area contributed by atoms with Crippen molar-refractivity contribution in [2.24, 2.45) is 5.73 Å². The van der Waals surface area contributed by atoms with Crippen molar-refractivity contribution in [1.29, 1.82) is 5.41 Å². The quantitative estimate of drug-likeness (QED) is 0.0209. The lowest BCUT2D eigenvalue weighted by Crippen LogP contribution is -2.39. The van der Waals surface area contributed by atoms with Crippen LogP contribution in [0, 0.1) is 11.2 Å². The summed E-state index contributed by atoms with van der Waals surface area (Å²) in [5.74, 6) is -1.22. The molecule has 5 N–H and O–H groups in total. The van der Waals surface area contributed by atoms with Crippen LogP contribution >= 0.6 is 7.60 Å². The summed E-state index contributed by atoms with van der Waals surface area (Å²) in [6.45, 7) is 3.07. The van der Waals surface area contributed by atoms with Crippen molar-refractivity contribution in [3.05, 3.63) is 144 Å². The number of carbonyl (C=O) groups is 2. The largest absolute Gasteiger partial charge is 0.453 e. The Balaban J connectivity index is 1.01. The van der Waals surface area contributed by atoms with Crippen LogP contribution in [0.1, 0.15) is 33.6 Å². The molecule has 1 heterocycles. The smallest absolute Gasteiger partial charge is 0.450 e. The van der Waals surface area contributed by atoms with Crippen molar-refractivity contribution < 1.29 is 46.5 Å². The minimum Gasteiger partial charge on any atom is -0.450 e. The van der Waals surface area contributed by atoms with Gasteiger partial charge in [0, 0.05) is 31.1 Å². The lowest BCUT2D eigenvalue weighted by molar-refractivity contribution is 0.0133. The average molecular weight is 860 g/mol. The number of aromatic nitrogens is 3. The van der Waals surface area contributed by atoms with Crippen molar-refractivity contribution >= 4 is 25.4 Å². The van der Waals surface area contributed by atoms with Crippen LogP contribution in [0.4, 0.5) is 9.18 Å². The van der Waals surface area contributed by atoms with Gasteiger partial charge in [0.05, 0.1) is 64.3 Å². The number of amides is 2. The van der Waals surface area contributed by atoms with Crippen LogP contribution in [0.3, 0.4) is 0 Å². The Kier molecular flexibility index (Phi) is 18.7. The van der Waals surface area contributed by atoms with Crippen molar-refractivity contribution in [2.45, 2.75) is 38.0 Å². The van der Waals surface area contributed by atoms with E-state index in [9.17, 15) is 18.5 Å². The van der Waals surface area contributed by atoms with Crippen LogP contribution in [0.25, 0.3) is 0 Å². The molecule has 2 amide bonds. The van der Waals surface area contributed by atoms with Gasteiger partial charge in [-0.15, -0.1) is 5.10 Å². The molecule has 0 spiro atoms. The molecule has 18 heteroatoms. The molecule has 0 aliphatic heterocycles. The second kappa shape index (κ2) is 24.8. The predicted molar refractivity (Wildman–Crippen MR) is 225 cm³/mol. The van der Waals surface area contributed by atoms with E-state index in [2.05, 4.69) is 20.9 Å². The number of amidine groups is 1. The maximum Gasteiger partial charge on any atom is 0.453 e. The van der Waals surface area contributed by atoms with Gasteiger partial charge in [-0.25, -0.2) is 18.4 Å². The Bertz CT molecular complexity index is 2080. The number of hydrogen-bond acceptors (Lipinski definition) is 12. The minimum atomic E-state index is -4.17. The van der Waals surface area contributed by atoms with Gasteiger partial charge in [-0.05, 0) is 72.5 Å². The molecular weight excluding hydrogens is 808 g/mol. The SMILES string of the molecule is N=C(N)Cc1ccc(CC(NC(=O)OCCCc2cn(CCOCCOCCOCCNC(=O)c3ccc(F)cc3)nn2)P(=O)(Oc2ccccc2)Oc2ccccc2)cc1. The van der Waals surface area contributed by atoms with Crippen molar-refractivity contribution in [2.75, 3.05) is 52.8 Å². The van der Waals surface area contributed by atoms with Crippen molar-refractivity contribution in [3.8, 4) is 11.5 Å². The maximum absolute atomic E-state index is 14.8. The summed E-state index contributed by atoms with van der Waals surface area (Å²) in [6.07, 6.45) is 2.32.